The first-order valence-corrected chi connectivity index (χ1v) is 5.60. The minimum Gasteiger partial charge on any atom is -0.461 e. The number of ether oxygens (including phenoxy) is 2. The molecule has 1 N–H and O–H groups in total. The third-order valence-corrected chi connectivity index (χ3v) is 2.71. The van der Waals surface area contributed by atoms with Crippen LogP contribution < -0.4 is 0 Å². The molecule has 88 valence electrons. The van der Waals surface area contributed by atoms with Crippen molar-refractivity contribution in [1.82, 2.24) is 10.2 Å². The molecular formula is C11H16N2O3. The van der Waals surface area contributed by atoms with Gasteiger partial charge in [-0.25, -0.2) is 4.79 Å². The average Bonchev–Trinajstić information content (AvgIpc) is 2.60. The van der Waals surface area contributed by atoms with Crippen LogP contribution in [0.25, 0.3) is 0 Å². The van der Waals surface area contributed by atoms with Gasteiger partial charge in [-0.15, -0.1) is 0 Å². The molecule has 1 aromatic rings. The zero-order valence-corrected chi connectivity index (χ0v) is 9.58. The second-order valence-electron chi connectivity index (χ2n) is 3.80. The Labute approximate surface area is 94.1 Å². The van der Waals surface area contributed by atoms with E-state index in [9.17, 15) is 4.79 Å². The fourth-order valence-electron chi connectivity index (χ4n) is 1.93. The number of hydrogen-bond acceptors (Lipinski definition) is 4. The molecule has 1 aliphatic rings. The number of hydrogen-bond donors (Lipinski definition) is 1. The zero-order chi connectivity index (χ0) is 11.5. The van der Waals surface area contributed by atoms with Crippen LogP contribution in [0.1, 0.15) is 48.1 Å². The van der Waals surface area contributed by atoms with Gasteiger partial charge in [0.1, 0.15) is 0 Å². The number of rotatable bonds is 2. The molecule has 5 nitrogen and oxygen atoms in total. The lowest BCUT2D eigenvalue weighted by molar-refractivity contribution is 0.0517. The maximum absolute atomic E-state index is 11.7. The lowest BCUT2D eigenvalue weighted by Gasteiger charge is -2.07. The number of fused-ring (bicyclic) bond motifs is 1. The van der Waals surface area contributed by atoms with Crippen LogP contribution >= 0.6 is 0 Å². The van der Waals surface area contributed by atoms with E-state index in [1.54, 1.807) is 6.92 Å². The molecule has 2 heterocycles. The summed E-state index contributed by atoms with van der Waals surface area (Å²) in [6.45, 7) is 4.82. The van der Waals surface area contributed by atoms with Gasteiger partial charge >= 0.3 is 5.97 Å². The second-order valence-corrected chi connectivity index (χ2v) is 3.80. The number of nitrogens with one attached hydrogen (secondary N) is 1. The Morgan fingerprint density at radius 1 is 1.69 bits per heavy atom. The van der Waals surface area contributed by atoms with Gasteiger partial charge in [0.25, 0.3) is 0 Å². The van der Waals surface area contributed by atoms with E-state index in [1.165, 1.54) is 0 Å². The lowest BCUT2D eigenvalue weighted by Crippen LogP contribution is -2.08. The van der Waals surface area contributed by atoms with Gasteiger partial charge < -0.3 is 9.47 Å². The molecule has 16 heavy (non-hydrogen) atoms. The number of H-pyrrole nitrogens is 1. The summed E-state index contributed by atoms with van der Waals surface area (Å²) in [6.07, 6.45) is 1.68. The number of esters is 1. The second kappa shape index (κ2) is 4.65. The van der Waals surface area contributed by atoms with E-state index in [0.717, 1.165) is 24.1 Å². The van der Waals surface area contributed by atoms with E-state index >= 15 is 0 Å². The molecule has 0 aliphatic carbocycles. The SMILES string of the molecule is CCOC(=O)c1n[nH]c2c1CCCOC2C. The molecule has 0 aromatic carbocycles. The van der Waals surface area contributed by atoms with Crippen molar-refractivity contribution in [1.29, 1.82) is 0 Å². The summed E-state index contributed by atoms with van der Waals surface area (Å²) in [6, 6.07) is 0. The van der Waals surface area contributed by atoms with Gasteiger partial charge in [-0.2, -0.15) is 5.10 Å². The quantitative estimate of drug-likeness (QED) is 0.775. The maximum Gasteiger partial charge on any atom is 0.359 e. The first kappa shape index (κ1) is 11.1. The Balaban J connectivity index is 2.31. The van der Waals surface area contributed by atoms with Gasteiger partial charge in [-0.3, -0.25) is 5.10 Å². The van der Waals surface area contributed by atoms with Crippen molar-refractivity contribution in [2.75, 3.05) is 13.2 Å². The molecule has 5 heteroatoms. The molecular weight excluding hydrogens is 208 g/mol. The number of aromatic amines is 1. The number of carbonyl (C=O) groups excluding carboxylic acids is 1. The van der Waals surface area contributed by atoms with Gasteiger partial charge in [0, 0.05) is 12.2 Å². The molecule has 0 amide bonds. The summed E-state index contributed by atoms with van der Waals surface area (Å²) in [7, 11) is 0. The molecule has 0 bridgehead atoms. The third-order valence-electron chi connectivity index (χ3n) is 2.71. The molecule has 1 aromatic heterocycles. The Morgan fingerprint density at radius 2 is 2.50 bits per heavy atom. The van der Waals surface area contributed by atoms with Crippen molar-refractivity contribution < 1.29 is 14.3 Å². The van der Waals surface area contributed by atoms with Crippen molar-refractivity contribution in [3.05, 3.63) is 17.0 Å². The van der Waals surface area contributed by atoms with Crippen LogP contribution in [0.3, 0.4) is 0 Å². The highest BCUT2D eigenvalue weighted by molar-refractivity contribution is 5.89. The molecule has 0 spiro atoms. The Hall–Kier alpha value is -1.36. The van der Waals surface area contributed by atoms with E-state index in [-0.39, 0.29) is 12.1 Å². The predicted octanol–water partition coefficient (Wildman–Crippen LogP) is 1.61. The Bertz CT molecular complexity index is 387. The summed E-state index contributed by atoms with van der Waals surface area (Å²) in [5.41, 5.74) is 2.26. The highest BCUT2D eigenvalue weighted by Crippen LogP contribution is 2.26. The molecule has 0 radical (unpaired) electrons. The van der Waals surface area contributed by atoms with Crippen LogP contribution in [-0.4, -0.2) is 29.4 Å². The van der Waals surface area contributed by atoms with Crippen LogP contribution in [0.15, 0.2) is 0 Å². The van der Waals surface area contributed by atoms with E-state index in [2.05, 4.69) is 10.2 Å². The zero-order valence-electron chi connectivity index (χ0n) is 9.58. The van der Waals surface area contributed by atoms with Crippen molar-refractivity contribution in [3.8, 4) is 0 Å². The van der Waals surface area contributed by atoms with Crippen molar-refractivity contribution in [2.45, 2.75) is 32.8 Å². The molecule has 1 atom stereocenters. The topological polar surface area (TPSA) is 64.2 Å². The van der Waals surface area contributed by atoms with Crippen LogP contribution in [0, 0.1) is 0 Å². The minimum atomic E-state index is -0.353. The minimum absolute atomic E-state index is 0.0341. The van der Waals surface area contributed by atoms with Crippen molar-refractivity contribution >= 4 is 5.97 Å². The third kappa shape index (κ3) is 1.95. The molecule has 2 rings (SSSR count). The first-order chi connectivity index (χ1) is 7.74. The van der Waals surface area contributed by atoms with Gasteiger partial charge in [-0.05, 0) is 26.7 Å². The smallest absolute Gasteiger partial charge is 0.359 e. The molecule has 0 saturated heterocycles. The van der Waals surface area contributed by atoms with Crippen LogP contribution in [-0.2, 0) is 15.9 Å². The van der Waals surface area contributed by atoms with Gasteiger partial charge in [0.15, 0.2) is 5.69 Å². The van der Waals surface area contributed by atoms with Crippen molar-refractivity contribution in [3.63, 3.8) is 0 Å². The van der Waals surface area contributed by atoms with Gasteiger partial charge in [0.2, 0.25) is 0 Å². The predicted molar refractivity (Wildman–Crippen MR) is 57.2 cm³/mol. The standard InChI is InChI=1S/C11H16N2O3/c1-3-15-11(14)10-8-5-4-6-16-7(2)9(8)12-13-10/h7H,3-6H2,1-2H3,(H,12,13). The molecule has 1 aliphatic heterocycles. The largest absolute Gasteiger partial charge is 0.461 e. The summed E-state index contributed by atoms with van der Waals surface area (Å²) in [5.74, 6) is -0.353. The fraction of sp³-hybridized carbons (Fsp3) is 0.636. The summed E-state index contributed by atoms with van der Waals surface area (Å²) in [5, 5.41) is 6.91. The number of aromatic nitrogens is 2. The van der Waals surface area contributed by atoms with Crippen LogP contribution in [0.2, 0.25) is 0 Å². The van der Waals surface area contributed by atoms with E-state index in [4.69, 9.17) is 9.47 Å². The van der Waals surface area contributed by atoms with Gasteiger partial charge in [-0.1, -0.05) is 0 Å². The number of nitrogens with zero attached hydrogens (tertiary/aromatic N) is 1. The number of carbonyl (C=O) groups is 1. The lowest BCUT2D eigenvalue weighted by atomic mass is 10.1. The van der Waals surface area contributed by atoms with E-state index in [1.807, 2.05) is 6.92 Å². The van der Waals surface area contributed by atoms with Gasteiger partial charge in [0.05, 0.1) is 18.4 Å². The molecule has 0 fully saturated rings. The Morgan fingerprint density at radius 3 is 3.25 bits per heavy atom. The Kier molecular flexibility index (Phi) is 3.24. The summed E-state index contributed by atoms with van der Waals surface area (Å²) >= 11 is 0. The first-order valence-electron chi connectivity index (χ1n) is 5.60. The fourth-order valence-corrected chi connectivity index (χ4v) is 1.93. The molecule has 1 unspecified atom stereocenters. The summed E-state index contributed by atoms with van der Waals surface area (Å²) < 4.78 is 10.5. The average molecular weight is 224 g/mol. The molecule has 0 saturated carbocycles. The maximum atomic E-state index is 11.7. The monoisotopic (exact) mass is 224 g/mol. The van der Waals surface area contributed by atoms with Crippen molar-refractivity contribution in [2.24, 2.45) is 0 Å². The van der Waals surface area contributed by atoms with Crippen LogP contribution in [0.4, 0.5) is 0 Å². The van der Waals surface area contributed by atoms with Crippen LogP contribution in [0.5, 0.6) is 0 Å². The highest BCUT2D eigenvalue weighted by atomic mass is 16.5. The summed E-state index contributed by atoms with van der Waals surface area (Å²) in [4.78, 5) is 11.7. The van der Waals surface area contributed by atoms with E-state index in [0.29, 0.717) is 18.9 Å². The normalized spacial score (nSPS) is 20.0. The van der Waals surface area contributed by atoms with E-state index < -0.39 is 0 Å². The highest BCUT2D eigenvalue weighted by Gasteiger charge is 2.25.